The first-order chi connectivity index (χ1) is 9.55. The van der Waals surface area contributed by atoms with E-state index in [1.807, 2.05) is 4.90 Å². The average Bonchev–Trinajstić information content (AvgIpc) is 2.67. The topological polar surface area (TPSA) is 32.3 Å². The Hall–Kier alpha value is -0.570. The van der Waals surface area contributed by atoms with E-state index in [1.165, 1.54) is 51.4 Å². The molecule has 1 rings (SSSR count). The second-order valence-electron chi connectivity index (χ2n) is 7.02. The van der Waals surface area contributed by atoms with Crippen LogP contribution >= 0.6 is 0 Å². The van der Waals surface area contributed by atoms with E-state index in [4.69, 9.17) is 0 Å². The van der Waals surface area contributed by atoms with E-state index in [0.29, 0.717) is 12.0 Å². The molecule has 0 aromatic rings. The Labute approximate surface area is 125 Å². The minimum Gasteiger partial charge on any atom is -0.342 e. The molecule has 20 heavy (non-hydrogen) atoms. The molecule has 0 aromatic carbocycles. The molecule has 3 nitrogen and oxygen atoms in total. The number of hydrogen-bond donors (Lipinski definition) is 1. The van der Waals surface area contributed by atoms with Gasteiger partial charge in [-0.2, -0.15) is 0 Å². The van der Waals surface area contributed by atoms with Crippen LogP contribution in [0.2, 0.25) is 0 Å². The lowest BCUT2D eigenvalue weighted by atomic mass is 9.87. The molecule has 1 aliphatic heterocycles. The summed E-state index contributed by atoms with van der Waals surface area (Å²) in [6, 6.07) is 0. The van der Waals surface area contributed by atoms with Crippen LogP contribution in [-0.2, 0) is 4.79 Å². The summed E-state index contributed by atoms with van der Waals surface area (Å²) in [6.45, 7) is 10.2. The van der Waals surface area contributed by atoms with Crippen LogP contribution in [0.4, 0.5) is 0 Å². The fourth-order valence-corrected chi connectivity index (χ4v) is 2.88. The lowest BCUT2D eigenvalue weighted by molar-refractivity contribution is -0.130. The van der Waals surface area contributed by atoms with Crippen LogP contribution in [0.3, 0.4) is 0 Å². The van der Waals surface area contributed by atoms with Crippen LogP contribution in [-0.4, -0.2) is 37.0 Å². The number of unbranched alkanes of at least 4 members (excludes halogenated alkanes) is 2. The van der Waals surface area contributed by atoms with Gasteiger partial charge in [-0.3, -0.25) is 4.79 Å². The van der Waals surface area contributed by atoms with Gasteiger partial charge in [0.15, 0.2) is 0 Å². The quantitative estimate of drug-likeness (QED) is 0.690. The van der Waals surface area contributed by atoms with Crippen molar-refractivity contribution in [2.45, 2.75) is 72.1 Å². The Bertz CT molecular complexity index is 268. The zero-order valence-electron chi connectivity index (χ0n) is 13.8. The van der Waals surface area contributed by atoms with E-state index in [0.717, 1.165) is 19.6 Å². The van der Waals surface area contributed by atoms with Gasteiger partial charge in [0.2, 0.25) is 5.91 Å². The molecule has 0 unspecified atom stereocenters. The first kappa shape index (κ1) is 17.5. The van der Waals surface area contributed by atoms with Crippen LogP contribution in [0, 0.1) is 5.41 Å². The van der Waals surface area contributed by atoms with Gasteiger partial charge in [-0.15, -0.1) is 0 Å². The van der Waals surface area contributed by atoms with Crippen molar-refractivity contribution in [2.24, 2.45) is 5.41 Å². The summed E-state index contributed by atoms with van der Waals surface area (Å²) in [6.07, 6.45) is 10.0. The highest BCUT2D eigenvalue weighted by molar-refractivity contribution is 5.78. The number of rotatable bonds is 8. The molecule has 1 saturated heterocycles. The summed E-state index contributed by atoms with van der Waals surface area (Å²) < 4.78 is 0. The summed E-state index contributed by atoms with van der Waals surface area (Å²) in [4.78, 5) is 14.2. The Balaban J connectivity index is 2.19. The largest absolute Gasteiger partial charge is 0.342 e. The van der Waals surface area contributed by atoms with Crippen LogP contribution in [0.1, 0.15) is 72.1 Å². The van der Waals surface area contributed by atoms with E-state index in [-0.39, 0.29) is 5.91 Å². The minimum absolute atomic E-state index is 0.288. The molecule has 0 bridgehead atoms. The minimum atomic E-state index is 0.288. The van der Waals surface area contributed by atoms with Gasteiger partial charge in [-0.25, -0.2) is 0 Å². The van der Waals surface area contributed by atoms with Crippen molar-refractivity contribution in [1.29, 1.82) is 0 Å². The monoisotopic (exact) mass is 282 g/mol. The summed E-state index contributed by atoms with van der Waals surface area (Å²) in [5, 5.41) is 3.38. The van der Waals surface area contributed by atoms with Crippen LogP contribution in [0.15, 0.2) is 0 Å². The highest BCUT2D eigenvalue weighted by Crippen LogP contribution is 2.22. The molecule has 1 N–H and O–H groups in total. The van der Waals surface area contributed by atoms with Crippen molar-refractivity contribution in [1.82, 2.24) is 10.2 Å². The molecule has 0 atom stereocenters. The maximum absolute atomic E-state index is 12.2. The predicted octanol–water partition coefficient (Wildman–Crippen LogP) is 3.59. The molecular formula is C17H34N2O. The van der Waals surface area contributed by atoms with Crippen LogP contribution in [0.5, 0.6) is 0 Å². The second kappa shape index (κ2) is 9.38. The molecule has 0 aliphatic carbocycles. The van der Waals surface area contributed by atoms with Crippen LogP contribution < -0.4 is 5.32 Å². The van der Waals surface area contributed by atoms with Gasteiger partial charge in [-0.1, -0.05) is 52.9 Å². The molecule has 0 aromatic heterocycles. The molecule has 118 valence electrons. The van der Waals surface area contributed by atoms with E-state index < -0.39 is 0 Å². The standard InChI is InChI=1S/C17H34N2O/c1-4-5-8-11-17(2,3)15-18-14-16(20)19-12-9-6-7-10-13-19/h18H,4-15H2,1-3H3. The van der Waals surface area contributed by atoms with Crippen molar-refractivity contribution in [3.8, 4) is 0 Å². The first-order valence-electron chi connectivity index (χ1n) is 8.54. The highest BCUT2D eigenvalue weighted by atomic mass is 16.2. The third-order valence-corrected chi connectivity index (χ3v) is 4.30. The number of carbonyl (C=O) groups excluding carboxylic acids is 1. The maximum Gasteiger partial charge on any atom is 0.236 e. The molecule has 0 saturated carbocycles. The van der Waals surface area contributed by atoms with E-state index in [2.05, 4.69) is 26.1 Å². The molecule has 0 spiro atoms. The fourth-order valence-electron chi connectivity index (χ4n) is 2.88. The molecular weight excluding hydrogens is 248 g/mol. The zero-order valence-corrected chi connectivity index (χ0v) is 13.8. The average molecular weight is 282 g/mol. The number of carbonyl (C=O) groups is 1. The Morgan fingerprint density at radius 2 is 1.75 bits per heavy atom. The van der Waals surface area contributed by atoms with Crippen molar-refractivity contribution < 1.29 is 4.79 Å². The number of likely N-dealkylation sites (tertiary alicyclic amines) is 1. The van der Waals surface area contributed by atoms with Crippen molar-refractivity contribution >= 4 is 5.91 Å². The van der Waals surface area contributed by atoms with Crippen LogP contribution in [0.25, 0.3) is 0 Å². The third kappa shape index (κ3) is 7.28. The molecule has 1 heterocycles. The predicted molar refractivity (Wildman–Crippen MR) is 85.8 cm³/mol. The van der Waals surface area contributed by atoms with Crippen molar-refractivity contribution in [2.75, 3.05) is 26.2 Å². The highest BCUT2D eigenvalue weighted by Gasteiger charge is 2.19. The first-order valence-corrected chi connectivity index (χ1v) is 8.54. The van der Waals surface area contributed by atoms with Gasteiger partial charge in [0.25, 0.3) is 0 Å². The summed E-state index contributed by atoms with van der Waals surface area (Å²) in [5.74, 6) is 0.288. The van der Waals surface area contributed by atoms with Crippen molar-refractivity contribution in [3.63, 3.8) is 0 Å². The molecule has 0 radical (unpaired) electrons. The number of amides is 1. The lowest BCUT2D eigenvalue weighted by Gasteiger charge is -2.26. The lowest BCUT2D eigenvalue weighted by Crippen LogP contribution is -2.41. The van der Waals surface area contributed by atoms with Gasteiger partial charge in [0.1, 0.15) is 0 Å². The van der Waals surface area contributed by atoms with E-state index in [1.54, 1.807) is 0 Å². The summed E-state index contributed by atoms with van der Waals surface area (Å²) >= 11 is 0. The number of nitrogens with one attached hydrogen (secondary N) is 1. The molecule has 1 amide bonds. The van der Waals surface area contributed by atoms with E-state index >= 15 is 0 Å². The van der Waals surface area contributed by atoms with Gasteiger partial charge >= 0.3 is 0 Å². The van der Waals surface area contributed by atoms with E-state index in [9.17, 15) is 4.79 Å². The Kier molecular flexibility index (Phi) is 8.20. The molecule has 1 fully saturated rings. The fraction of sp³-hybridized carbons (Fsp3) is 0.941. The number of hydrogen-bond acceptors (Lipinski definition) is 2. The maximum atomic E-state index is 12.2. The third-order valence-electron chi connectivity index (χ3n) is 4.30. The Morgan fingerprint density at radius 3 is 2.35 bits per heavy atom. The summed E-state index contributed by atoms with van der Waals surface area (Å²) in [7, 11) is 0. The molecule has 1 aliphatic rings. The van der Waals surface area contributed by atoms with Gasteiger partial charge < -0.3 is 10.2 Å². The van der Waals surface area contributed by atoms with Gasteiger partial charge in [0, 0.05) is 19.6 Å². The summed E-state index contributed by atoms with van der Waals surface area (Å²) in [5.41, 5.74) is 0.300. The smallest absolute Gasteiger partial charge is 0.236 e. The molecule has 3 heteroatoms. The SMILES string of the molecule is CCCCCC(C)(C)CNCC(=O)N1CCCCCC1. The van der Waals surface area contributed by atoms with Crippen molar-refractivity contribution in [3.05, 3.63) is 0 Å². The number of nitrogens with zero attached hydrogens (tertiary/aromatic N) is 1. The zero-order chi connectivity index (χ0) is 14.8. The normalized spacial score (nSPS) is 17.1. The van der Waals surface area contributed by atoms with Gasteiger partial charge in [0.05, 0.1) is 6.54 Å². The van der Waals surface area contributed by atoms with Gasteiger partial charge in [-0.05, 0) is 24.7 Å². The second-order valence-corrected chi connectivity index (χ2v) is 7.02. The Morgan fingerprint density at radius 1 is 1.10 bits per heavy atom.